The van der Waals surface area contributed by atoms with Crippen LogP contribution in [-0.2, 0) is 17.7 Å². The number of hydrogen-bond acceptors (Lipinski definition) is 5. The van der Waals surface area contributed by atoms with E-state index in [0.29, 0.717) is 6.54 Å². The van der Waals surface area contributed by atoms with Gasteiger partial charge in [0.15, 0.2) is 5.96 Å². The molecule has 1 saturated heterocycles. The Labute approximate surface area is 202 Å². The van der Waals surface area contributed by atoms with Crippen LogP contribution in [0.1, 0.15) is 23.3 Å². The highest BCUT2D eigenvalue weighted by Gasteiger charge is 2.09. The number of methoxy groups -OCH3 is 1. The van der Waals surface area contributed by atoms with E-state index >= 15 is 0 Å². The van der Waals surface area contributed by atoms with E-state index in [4.69, 9.17) is 18.9 Å². The summed E-state index contributed by atoms with van der Waals surface area (Å²) in [5.41, 5.74) is 2.30. The molecule has 1 aliphatic heterocycles. The maximum Gasteiger partial charge on any atom is 0.191 e. The predicted octanol–water partition coefficient (Wildman–Crippen LogP) is 3.21. The molecule has 3 rings (SSSR count). The Bertz CT molecular complexity index is 777. The second-order valence-electron chi connectivity index (χ2n) is 7.51. The molecule has 0 spiro atoms. The number of furan rings is 1. The number of nitrogens with zero attached hydrogens (tertiary/aromatic N) is 2. The number of benzene rings is 1. The van der Waals surface area contributed by atoms with Gasteiger partial charge in [0, 0.05) is 32.6 Å². The molecule has 1 aliphatic rings. The molecule has 2 aromatic rings. The Morgan fingerprint density at radius 2 is 1.97 bits per heavy atom. The second-order valence-corrected chi connectivity index (χ2v) is 7.51. The van der Waals surface area contributed by atoms with Gasteiger partial charge >= 0.3 is 0 Å². The highest BCUT2D eigenvalue weighted by molar-refractivity contribution is 14.0. The molecule has 8 heteroatoms. The highest BCUT2D eigenvalue weighted by atomic mass is 127. The van der Waals surface area contributed by atoms with E-state index in [0.717, 1.165) is 81.8 Å². The molecule has 1 fully saturated rings. The SMILES string of the molecule is COc1cc(C)cc(CN=C(NCCCN2CCOCC2)NCCc2ccco2)c1.I. The van der Waals surface area contributed by atoms with Crippen molar-refractivity contribution < 1.29 is 13.9 Å². The first-order valence-corrected chi connectivity index (χ1v) is 10.7. The lowest BCUT2D eigenvalue weighted by Crippen LogP contribution is -2.41. The number of hydrogen-bond donors (Lipinski definition) is 2. The summed E-state index contributed by atoms with van der Waals surface area (Å²) in [4.78, 5) is 7.24. The van der Waals surface area contributed by atoms with Gasteiger partial charge in [0.2, 0.25) is 0 Å². The van der Waals surface area contributed by atoms with Gasteiger partial charge < -0.3 is 24.5 Å². The Morgan fingerprint density at radius 3 is 2.71 bits per heavy atom. The maximum atomic E-state index is 5.42. The van der Waals surface area contributed by atoms with E-state index in [1.165, 1.54) is 5.56 Å². The van der Waals surface area contributed by atoms with Crippen LogP contribution in [0.2, 0.25) is 0 Å². The number of guanidine groups is 1. The lowest BCUT2D eigenvalue weighted by molar-refractivity contribution is 0.0376. The van der Waals surface area contributed by atoms with Crippen molar-refractivity contribution in [3.63, 3.8) is 0 Å². The molecule has 0 atom stereocenters. The van der Waals surface area contributed by atoms with Crippen molar-refractivity contribution in [3.05, 3.63) is 53.5 Å². The molecule has 0 radical (unpaired) electrons. The zero-order valence-electron chi connectivity index (χ0n) is 18.6. The third-order valence-electron chi connectivity index (χ3n) is 5.06. The fourth-order valence-corrected chi connectivity index (χ4v) is 3.47. The summed E-state index contributed by atoms with van der Waals surface area (Å²) in [6.07, 6.45) is 3.59. The number of aliphatic imine (C=N–C) groups is 1. The monoisotopic (exact) mass is 542 g/mol. The van der Waals surface area contributed by atoms with Crippen LogP contribution in [0.5, 0.6) is 5.75 Å². The summed E-state index contributed by atoms with van der Waals surface area (Å²) in [6.45, 7) is 9.11. The van der Waals surface area contributed by atoms with Crippen molar-refractivity contribution in [2.75, 3.05) is 53.0 Å². The average Bonchev–Trinajstić information content (AvgIpc) is 3.28. The van der Waals surface area contributed by atoms with Gasteiger partial charge in [-0.15, -0.1) is 24.0 Å². The van der Waals surface area contributed by atoms with Crippen LogP contribution in [-0.4, -0.2) is 63.9 Å². The van der Waals surface area contributed by atoms with Crippen LogP contribution in [0.3, 0.4) is 0 Å². The van der Waals surface area contributed by atoms with E-state index in [2.05, 4.69) is 28.5 Å². The van der Waals surface area contributed by atoms with Crippen molar-refractivity contribution in [3.8, 4) is 5.75 Å². The Morgan fingerprint density at radius 1 is 1.16 bits per heavy atom. The quantitative estimate of drug-likeness (QED) is 0.208. The third kappa shape index (κ3) is 9.49. The smallest absolute Gasteiger partial charge is 0.191 e. The molecule has 0 aliphatic carbocycles. The first kappa shape index (κ1) is 25.5. The fraction of sp³-hybridized carbons (Fsp3) is 0.522. The van der Waals surface area contributed by atoms with Crippen LogP contribution in [0.4, 0.5) is 0 Å². The number of halogens is 1. The number of nitrogens with one attached hydrogen (secondary N) is 2. The maximum absolute atomic E-state index is 5.42. The number of aryl methyl sites for hydroxylation is 1. The average molecular weight is 542 g/mol. The standard InChI is InChI=1S/C23H34N4O3.HI/c1-19-15-20(17-22(16-19)28-2)18-26-23(25-8-6-21-5-3-12-30-21)24-7-4-9-27-10-13-29-14-11-27;/h3,5,12,15-17H,4,6-11,13-14,18H2,1-2H3,(H2,24,25,26);1H. The van der Waals surface area contributed by atoms with Crippen LogP contribution >= 0.6 is 24.0 Å². The predicted molar refractivity (Wildman–Crippen MR) is 135 cm³/mol. The van der Waals surface area contributed by atoms with Crippen molar-refractivity contribution in [2.45, 2.75) is 26.3 Å². The molecule has 7 nitrogen and oxygen atoms in total. The Hall–Kier alpha value is -1.78. The van der Waals surface area contributed by atoms with Gasteiger partial charge in [-0.25, -0.2) is 4.99 Å². The van der Waals surface area contributed by atoms with Gasteiger partial charge in [0.05, 0.1) is 33.1 Å². The number of rotatable bonds is 10. The van der Waals surface area contributed by atoms with E-state index in [1.807, 2.05) is 24.3 Å². The van der Waals surface area contributed by atoms with Crippen molar-refractivity contribution >= 4 is 29.9 Å². The van der Waals surface area contributed by atoms with Gasteiger partial charge in [-0.1, -0.05) is 6.07 Å². The summed E-state index contributed by atoms with van der Waals surface area (Å²) in [5.74, 6) is 2.66. The van der Waals surface area contributed by atoms with Crippen molar-refractivity contribution in [1.82, 2.24) is 15.5 Å². The Balaban J connectivity index is 0.00000341. The zero-order chi connectivity index (χ0) is 21.0. The van der Waals surface area contributed by atoms with Crippen LogP contribution < -0.4 is 15.4 Å². The molecule has 31 heavy (non-hydrogen) atoms. The Kier molecular flexibility index (Phi) is 11.8. The van der Waals surface area contributed by atoms with E-state index < -0.39 is 0 Å². The lowest BCUT2D eigenvalue weighted by atomic mass is 10.1. The van der Waals surface area contributed by atoms with E-state index in [9.17, 15) is 0 Å². The largest absolute Gasteiger partial charge is 0.497 e. The minimum absolute atomic E-state index is 0. The molecule has 1 aromatic carbocycles. The van der Waals surface area contributed by atoms with Crippen LogP contribution in [0, 0.1) is 6.92 Å². The summed E-state index contributed by atoms with van der Waals surface area (Å²) in [7, 11) is 1.69. The van der Waals surface area contributed by atoms with Gasteiger partial charge in [0.1, 0.15) is 11.5 Å². The molecule has 0 bridgehead atoms. The molecule has 2 N–H and O–H groups in total. The zero-order valence-corrected chi connectivity index (χ0v) is 20.9. The first-order valence-electron chi connectivity index (χ1n) is 10.7. The minimum atomic E-state index is 0. The summed E-state index contributed by atoms with van der Waals surface area (Å²) in [5, 5.41) is 6.90. The van der Waals surface area contributed by atoms with E-state index in [1.54, 1.807) is 13.4 Å². The van der Waals surface area contributed by atoms with Gasteiger partial charge in [0.25, 0.3) is 0 Å². The molecule has 0 unspecified atom stereocenters. The van der Waals surface area contributed by atoms with Crippen LogP contribution in [0.15, 0.2) is 46.0 Å². The van der Waals surface area contributed by atoms with Crippen molar-refractivity contribution in [1.29, 1.82) is 0 Å². The molecule has 0 amide bonds. The van der Waals surface area contributed by atoms with Gasteiger partial charge in [-0.05, 0) is 55.3 Å². The summed E-state index contributed by atoms with van der Waals surface area (Å²) in [6, 6.07) is 10.1. The third-order valence-corrected chi connectivity index (χ3v) is 5.06. The second kappa shape index (κ2) is 14.3. The normalized spacial score (nSPS) is 14.7. The van der Waals surface area contributed by atoms with Crippen LogP contribution in [0.25, 0.3) is 0 Å². The lowest BCUT2D eigenvalue weighted by Gasteiger charge is -2.26. The molecular formula is C23H35IN4O3. The highest BCUT2D eigenvalue weighted by Crippen LogP contribution is 2.17. The fourth-order valence-electron chi connectivity index (χ4n) is 3.47. The molecule has 2 heterocycles. The van der Waals surface area contributed by atoms with E-state index in [-0.39, 0.29) is 24.0 Å². The van der Waals surface area contributed by atoms with Crippen molar-refractivity contribution in [2.24, 2.45) is 4.99 Å². The molecule has 0 saturated carbocycles. The number of ether oxygens (including phenoxy) is 2. The molecule has 1 aromatic heterocycles. The molecular weight excluding hydrogens is 507 g/mol. The summed E-state index contributed by atoms with van der Waals surface area (Å²) >= 11 is 0. The number of morpholine rings is 1. The first-order chi connectivity index (χ1) is 14.7. The minimum Gasteiger partial charge on any atom is -0.497 e. The topological polar surface area (TPSA) is 71.3 Å². The van der Waals surface area contributed by atoms with Gasteiger partial charge in [-0.3, -0.25) is 4.90 Å². The summed E-state index contributed by atoms with van der Waals surface area (Å²) < 4.78 is 16.2. The van der Waals surface area contributed by atoms with Gasteiger partial charge in [-0.2, -0.15) is 0 Å². The molecule has 172 valence electrons.